The van der Waals surface area contributed by atoms with Gasteiger partial charge in [0, 0.05) is 18.1 Å². The molecule has 0 fully saturated rings. The van der Waals surface area contributed by atoms with Gasteiger partial charge in [-0.3, -0.25) is 4.79 Å². The van der Waals surface area contributed by atoms with Crippen LogP contribution in [-0.2, 0) is 0 Å². The molecule has 0 aliphatic heterocycles. The van der Waals surface area contributed by atoms with Gasteiger partial charge in [0.05, 0.1) is 11.3 Å². The predicted octanol–water partition coefficient (Wildman–Crippen LogP) is 3.63. The smallest absolute Gasteiger partial charge is 0.273 e. The van der Waals surface area contributed by atoms with E-state index in [9.17, 15) is 4.79 Å². The molecule has 0 unspecified atom stereocenters. The van der Waals surface area contributed by atoms with Gasteiger partial charge in [-0.05, 0) is 36.6 Å². The van der Waals surface area contributed by atoms with Crippen molar-refractivity contribution in [3.8, 4) is 5.69 Å². The first-order valence-corrected chi connectivity index (χ1v) is 7.22. The molecule has 0 bridgehead atoms. The van der Waals surface area contributed by atoms with Crippen molar-refractivity contribution >= 4 is 11.6 Å². The summed E-state index contributed by atoms with van der Waals surface area (Å²) in [7, 11) is 0. The molecule has 2 rings (SSSR count). The van der Waals surface area contributed by atoms with Gasteiger partial charge in [0.2, 0.25) is 0 Å². The quantitative estimate of drug-likeness (QED) is 0.661. The molecular weight excluding hydrogens is 262 g/mol. The molecule has 2 aromatic rings. The van der Waals surface area contributed by atoms with Crippen LogP contribution in [0.25, 0.3) is 5.69 Å². The lowest BCUT2D eigenvalue weighted by molar-refractivity contribution is 0.0954. The van der Waals surface area contributed by atoms with Crippen molar-refractivity contribution in [1.82, 2.24) is 9.99 Å². The van der Waals surface area contributed by atoms with Gasteiger partial charge in [-0.25, -0.2) is 5.43 Å². The number of carbonyl (C=O) groups is 1. The van der Waals surface area contributed by atoms with Gasteiger partial charge < -0.3 is 4.57 Å². The average molecular weight is 283 g/mol. The summed E-state index contributed by atoms with van der Waals surface area (Å²) in [6, 6.07) is 11.4. The number of hydrazone groups is 1. The number of nitrogens with zero attached hydrogens (tertiary/aromatic N) is 2. The highest BCUT2D eigenvalue weighted by molar-refractivity contribution is 5.98. The van der Waals surface area contributed by atoms with E-state index in [4.69, 9.17) is 0 Å². The van der Waals surface area contributed by atoms with Crippen molar-refractivity contribution in [2.24, 2.45) is 11.0 Å². The Kier molecular flexibility index (Phi) is 4.93. The molecule has 4 nitrogen and oxygen atoms in total. The van der Waals surface area contributed by atoms with Crippen LogP contribution in [0.2, 0.25) is 0 Å². The Labute approximate surface area is 125 Å². The monoisotopic (exact) mass is 283 g/mol. The molecule has 0 saturated carbocycles. The van der Waals surface area contributed by atoms with E-state index < -0.39 is 0 Å². The molecule has 0 atom stereocenters. The minimum atomic E-state index is -0.189. The number of carbonyl (C=O) groups excluding carboxylic acids is 1. The zero-order valence-electron chi connectivity index (χ0n) is 12.7. The van der Waals surface area contributed by atoms with Crippen LogP contribution in [-0.4, -0.2) is 16.2 Å². The number of para-hydroxylation sites is 1. The summed E-state index contributed by atoms with van der Waals surface area (Å²) in [4.78, 5) is 12.4. The highest BCUT2D eigenvalue weighted by atomic mass is 16.2. The van der Waals surface area contributed by atoms with Crippen LogP contribution in [0.4, 0.5) is 0 Å². The van der Waals surface area contributed by atoms with Crippen molar-refractivity contribution in [1.29, 1.82) is 0 Å². The summed E-state index contributed by atoms with van der Waals surface area (Å²) in [5.74, 6) is 0.140. The highest BCUT2D eigenvalue weighted by Crippen LogP contribution is 2.14. The Hall–Kier alpha value is -2.36. The Balaban J connectivity index is 2.25. The van der Waals surface area contributed by atoms with Gasteiger partial charge >= 0.3 is 0 Å². The SMILES string of the molecule is CC/C(=N/NC(=O)c1ccccc1-n1cccc1)C(C)C. The molecule has 1 heterocycles. The Morgan fingerprint density at radius 1 is 1.19 bits per heavy atom. The summed E-state index contributed by atoms with van der Waals surface area (Å²) in [5.41, 5.74) is 5.11. The third-order valence-electron chi connectivity index (χ3n) is 3.36. The lowest BCUT2D eigenvalue weighted by Crippen LogP contribution is -2.22. The van der Waals surface area contributed by atoms with Crippen LogP contribution in [0.5, 0.6) is 0 Å². The number of aromatic nitrogens is 1. The summed E-state index contributed by atoms with van der Waals surface area (Å²) >= 11 is 0. The Morgan fingerprint density at radius 3 is 2.48 bits per heavy atom. The molecule has 0 spiro atoms. The number of amides is 1. The lowest BCUT2D eigenvalue weighted by Gasteiger charge is -2.11. The van der Waals surface area contributed by atoms with Crippen LogP contribution >= 0.6 is 0 Å². The normalized spacial score (nSPS) is 11.7. The fourth-order valence-electron chi connectivity index (χ4n) is 2.19. The molecule has 4 heteroatoms. The van der Waals surface area contributed by atoms with E-state index in [2.05, 4.69) is 24.4 Å². The molecule has 0 saturated heterocycles. The summed E-state index contributed by atoms with van der Waals surface area (Å²) in [6.45, 7) is 6.18. The molecule has 21 heavy (non-hydrogen) atoms. The maximum Gasteiger partial charge on any atom is 0.273 e. The van der Waals surface area contributed by atoms with Crippen LogP contribution in [0.3, 0.4) is 0 Å². The molecule has 110 valence electrons. The molecule has 1 amide bonds. The van der Waals surface area contributed by atoms with E-state index in [1.165, 1.54) is 0 Å². The average Bonchev–Trinajstić information content (AvgIpc) is 3.01. The zero-order chi connectivity index (χ0) is 15.2. The first-order chi connectivity index (χ1) is 10.1. The van der Waals surface area contributed by atoms with E-state index in [0.717, 1.165) is 17.8 Å². The maximum atomic E-state index is 12.4. The van der Waals surface area contributed by atoms with Crippen LogP contribution < -0.4 is 5.43 Å². The van der Waals surface area contributed by atoms with E-state index in [1.54, 1.807) is 6.07 Å². The van der Waals surface area contributed by atoms with Gasteiger partial charge in [-0.2, -0.15) is 5.10 Å². The number of benzene rings is 1. The molecule has 0 aliphatic rings. The van der Waals surface area contributed by atoms with Crippen molar-refractivity contribution < 1.29 is 4.79 Å². The zero-order valence-corrected chi connectivity index (χ0v) is 12.7. The van der Waals surface area contributed by atoms with Crippen LogP contribution in [0.15, 0.2) is 53.9 Å². The first-order valence-electron chi connectivity index (χ1n) is 7.22. The summed E-state index contributed by atoms with van der Waals surface area (Å²) in [5, 5.41) is 4.25. The Bertz CT molecular complexity index is 627. The maximum absolute atomic E-state index is 12.4. The minimum absolute atomic E-state index is 0.189. The number of hydrogen-bond acceptors (Lipinski definition) is 2. The third kappa shape index (κ3) is 3.60. The molecule has 1 aromatic heterocycles. The summed E-state index contributed by atoms with van der Waals surface area (Å²) < 4.78 is 1.92. The molecule has 0 aliphatic carbocycles. The highest BCUT2D eigenvalue weighted by Gasteiger charge is 2.12. The molecular formula is C17H21N3O. The van der Waals surface area contributed by atoms with Crippen molar-refractivity contribution in [3.63, 3.8) is 0 Å². The van der Waals surface area contributed by atoms with Crippen LogP contribution in [0, 0.1) is 5.92 Å². The van der Waals surface area contributed by atoms with E-state index in [1.807, 2.05) is 54.2 Å². The van der Waals surface area contributed by atoms with Crippen molar-refractivity contribution in [3.05, 3.63) is 54.4 Å². The van der Waals surface area contributed by atoms with E-state index in [0.29, 0.717) is 11.5 Å². The van der Waals surface area contributed by atoms with Crippen molar-refractivity contribution in [2.75, 3.05) is 0 Å². The molecule has 1 aromatic carbocycles. The third-order valence-corrected chi connectivity index (χ3v) is 3.36. The summed E-state index contributed by atoms with van der Waals surface area (Å²) in [6.07, 6.45) is 4.67. The van der Waals surface area contributed by atoms with Gasteiger partial charge in [-0.15, -0.1) is 0 Å². The standard InChI is InChI=1S/C17H21N3O/c1-4-15(13(2)3)18-19-17(21)14-9-5-6-10-16(14)20-11-7-8-12-20/h5-13H,4H2,1-3H3,(H,19,21)/b18-15-. The minimum Gasteiger partial charge on any atom is -0.323 e. The largest absolute Gasteiger partial charge is 0.323 e. The second-order valence-electron chi connectivity index (χ2n) is 5.16. The molecule has 0 radical (unpaired) electrons. The Morgan fingerprint density at radius 2 is 1.86 bits per heavy atom. The number of nitrogens with one attached hydrogen (secondary N) is 1. The topological polar surface area (TPSA) is 46.4 Å². The second-order valence-corrected chi connectivity index (χ2v) is 5.16. The lowest BCUT2D eigenvalue weighted by atomic mass is 10.1. The number of hydrogen-bond donors (Lipinski definition) is 1. The molecule has 1 N–H and O–H groups in total. The second kappa shape index (κ2) is 6.88. The fourth-order valence-corrected chi connectivity index (χ4v) is 2.19. The predicted molar refractivity (Wildman–Crippen MR) is 85.8 cm³/mol. The van der Waals surface area contributed by atoms with Gasteiger partial charge in [0.1, 0.15) is 0 Å². The fraction of sp³-hybridized carbons (Fsp3) is 0.294. The van der Waals surface area contributed by atoms with Crippen molar-refractivity contribution in [2.45, 2.75) is 27.2 Å². The van der Waals surface area contributed by atoms with Gasteiger partial charge in [0.15, 0.2) is 0 Å². The van der Waals surface area contributed by atoms with Gasteiger partial charge in [-0.1, -0.05) is 32.9 Å². The first kappa shape index (κ1) is 15.0. The van der Waals surface area contributed by atoms with E-state index >= 15 is 0 Å². The van der Waals surface area contributed by atoms with Crippen LogP contribution in [0.1, 0.15) is 37.6 Å². The van der Waals surface area contributed by atoms with Gasteiger partial charge in [0.25, 0.3) is 5.91 Å². The van der Waals surface area contributed by atoms with E-state index in [-0.39, 0.29) is 5.91 Å². The number of rotatable bonds is 5.